The van der Waals surface area contributed by atoms with E-state index in [-0.39, 0.29) is 17.2 Å². The van der Waals surface area contributed by atoms with Gasteiger partial charge in [-0.25, -0.2) is 4.98 Å². The van der Waals surface area contributed by atoms with Crippen molar-refractivity contribution >= 4 is 38.9 Å². The maximum absolute atomic E-state index is 13.3. The lowest BCUT2D eigenvalue weighted by Gasteiger charge is -2.14. The molecular formula is C24H21N3O3S. The summed E-state index contributed by atoms with van der Waals surface area (Å²) < 4.78 is 1.39. The molecule has 1 N–H and O–H groups in total. The SMILES string of the molecule is CC(=O)Nc1ccc(C(=O)C(C)n2cnc3scc(-c4ccc(C)cc4)c3c2=O)cc1. The van der Waals surface area contributed by atoms with Crippen LogP contribution in [0, 0.1) is 6.92 Å². The van der Waals surface area contributed by atoms with Crippen molar-refractivity contribution in [3.05, 3.63) is 81.7 Å². The second kappa shape index (κ2) is 8.28. The fraction of sp³-hybridized carbons (Fsp3) is 0.167. The Labute approximate surface area is 183 Å². The van der Waals surface area contributed by atoms with Gasteiger partial charge in [-0.1, -0.05) is 29.8 Å². The average molecular weight is 432 g/mol. The van der Waals surface area contributed by atoms with Crippen molar-refractivity contribution in [1.29, 1.82) is 0 Å². The molecular weight excluding hydrogens is 410 g/mol. The van der Waals surface area contributed by atoms with Gasteiger partial charge in [-0.15, -0.1) is 11.3 Å². The number of nitrogens with zero attached hydrogens (tertiary/aromatic N) is 2. The van der Waals surface area contributed by atoms with Crippen LogP contribution in [0.5, 0.6) is 0 Å². The molecule has 2 heterocycles. The van der Waals surface area contributed by atoms with Gasteiger partial charge in [-0.2, -0.15) is 0 Å². The molecule has 0 radical (unpaired) electrons. The highest BCUT2D eigenvalue weighted by Crippen LogP contribution is 2.31. The number of ketones is 1. The van der Waals surface area contributed by atoms with Crippen molar-refractivity contribution < 1.29 is 9.59 Å². The maximum Gasteiger partial charge on any atom is 0.263 e. The largest absolute Gasteiger partial charge is 0.326 e. The summed E-state index contributed by atoms with van der Waals surface area (Å²) in [4.78, 5) is 42.6. The Kier molecular flexibility index (Phi) is 5.52. The van der Waals surface area contributed by atoms with Crippen LogP contribution in [0.25, 0.3) is 21.3 Å². The van der Waals surface area contributed by atoms with Crippen LogP contribution in [0.1, 0.15) is 35.8 Å². The summed E-state index contributed by atoms with van der Waals surface area (Å²) in [5.74, 6) is -0.386. The number of thiophene rings is 1. The minimum atomic E-state index is -0.721. The Hall–Kier alpha value is -3.58. The lowest BCUT2D eigenvalue weighted by molar-refractivity contribution is -0.114. The first-order chi connectivity index (χ1) is 14.8. The number of benzene rings is 2. The van der Waals surface area contributed by atoms with Gasteiger partial charge in [-0.3, -0.25) is 19.0 Å². The molecule has 1 amide bonds. The summed E-state index contributed by atoms with van der Waals surface area (Å²) in [6, 6.07) is 13.9. The zero-order valence-corrected chi connectivity index (χ0v) is 18.2. The van der Waals surface area contributed by atoms with E-state index in [0.717, 1.165) is 16.7 Å². The molecule has 0 aliphatic heterocycles. The Bertz CT molecular complexity index is 1340. The minimum absolute atomic E-state index is 0.182. The highest BCUT2D eigenvalue weighted by molar-refractivity contribution is 7.17. The number of carbonyl (C=O) groups is 2. The molecule has 6 nitrogen and oxygen atoms in total. The monoisotopic (exact) mass is 431 g/mol. The summed E-state index contributed by atoms with van der Waals surface area (Å²) >= 11 is 1.41. The maximum atomic E-state index is 13.3. The van der Waals surface area contributed by atoms with Gasteiger partial charge in [0.15, 0.2) is 5.78 Å². The van der Waals surface area contributed by atoms with E-state index in [1.165, 1.54) is 29.2 Å². The number of Topliss-reactive ketones (excluding diaryl/α,β-unsaturated/α-hetero) is 1. The number of aromatic nitrogens is 2. The van der Waals surface area contributed by atoms with Crippen molar-refractivity contribution in [1.82, 2.24) is 9.55 Å². The van der Waals surface area contributed by atoms with Gasteiger partial charge >= 0.3 is 0 Å². The molecule has 0 aliphatic carbocycles. The summed E-state index contributed by atoms with van der Waals surface area (Å²) in [5, 5.41) is 5.13. The van der Waals surface area contributed by atoms with E-state index in [9.17, 15) is 14.4 Å². The minimum Gasteiger partial charge on any atom is -0.326 e. The van der Waals surface area contributed by atoms with E-state index in [4.69, 9.17) is 0 Å². The molecule has 31 heavy (non-hydrogen) atoms. The van der Waals surface area contributed by atoms with Crippen molar-refractivity contribution in [3.63, 3.8) is 0 Å². The highest BCUT2D eigenvalue weighted by atomic mass is 32.1. The summed E-state index contributed by atoms with van der Waals surface area (Å²) in [6.45, 7) is 5.13. The van der Waals surface area contributed by atoms with Crippen LogP contribution in [0.2, 0.25) is 0 Å². The van der Waals surface area contributed by atoms with Crippen LogP contribution in [0.4, 0.5) is 5.69 Å². The first kappa shape index (κ1) is 20.7. The van der Waals surface area contributed by atoms with E-state index in [1.807, 2.05) is 36.6 Å². The van der Waals surface area contributed by atoms with Crippen molar-refractivity contribution in [2.75, 3.05) is 5.32 Å². The number of fused-ring (bicyclic) bond motifs is 1. The van der Waals surface area contributed by atoms with Crippen LogP contribution in [0.15, 0.2) is 65.0 Å². The van der Waals surface area contributed by atoms with Crippen LogP contribution in [-0.2, 0) is 4.79 Å². The predicted octanol–water partition coefficient (Wildman–Crippen LogP) is 4.84. The number of carbonyl (C=O) groups excluding carboxylic acids is 2. The third-order valence-electron chi connectivity index (χ3n) is 5.17. The fourth-order valence-electron chi connectivity index (χ4n) is 3.46. The summed E-state index contributed by atoms with van der Waals surface area (Å²) in [7, 11) is 0. The molecule has 4 rings (SSSR count). The molecule has 2 aromatic heterocycles. The Morgan fingerprint density at radius 1 is 1.06 bits per heavy atom. The second-order valence-electron chi connectivity index (χ2n) is 7.45. The van der Waals surface area contributed by atoms with Gasteiger partial charge in [0.2, 0.25) is 5.91 Å². The molecule has 1 atom stereocenters. The molecule has 0 saturated heterocycles. The molecule has 0 saturated carbocycles. The van der Waals surface area contributed by atoms with Crippen LogP contribution in [-0.4, -0.2) is 21.2 Å². The molecule has 4 aromatic rings. The smallest absolute Gasteiger partial charge is 0.263 e. The number of rotatable bonds is 5. The molecule has 0 spiro atoms. The number of anilines is 1. The molecule has 0 bridgehead atoms. The van der Waals surface area contributed by atoms with Crippen molar-refractivity contribution in [2.45, 2.75) is 26.8 Å². The standard InChI is InChI=1S/C24H21N3O3S/c1-14-4-6-17(7-5-14)20-12-31-23-21(20)24(30)27(13-25-23)15(2)22(29)18-8-10-19(11-9-18)26-16(3)28/h4-13,15H,1-3H3,(H,26,28). The molecule has 156 valence electrons. The lowest BCUT2D eigenvalue weighted by atomic mass is 10.0. The Balaban J connectivity index is 1.70. The molecule has 7 heteroatoms. The lowest BCUT2D eigenvalue weighted by Crippen LogP contribution is -2.28. The molecule has 2 aromatic carbocycles. The molecule has 0 aliphatic rings. The quantitative estimate of drug-likeness (QED) is 0.459. The number of aryl methyl sites for hydroxylation is 1. The van der Waals surface area contributed by atoms with Crippen molar-refractivity contribution in [2.24, 2.45) is 0 Å². The van der Waals surface area contributed by atoms with Gasteiger partial charge in [0.1, 0.15) is 4.83 Å². The first-order valence-corrected chi connectivity index (χ1v) is 10.7. The Morgan fingerprint density at radius 3 is 2.39 bits per heavy atom. The topological polar surface area (TPSA) is 81.1 Å². The highest BCUT2D eigenvalue weighted by Gasteiger charge is 2.21. The number of hydrogen-bond acceptors (Lipinski definition) is 5. The van der Waals surface area contributed by atoms with Gasteiger partial charge in [0.25, 0.3) is 5.56 Å². The second-order valence-corrected chi connectivity index (χ2v) is 8.31. The third kappa shape index (κ3) is 4.04. The first-order valence-electron chi connectivity index (χ1n) is 9.82. The number of hydrogen-bond donors (Lipinski definition) is 1. The van der Waals surface area contributed by atoms with Gasteiger partial charge < -0.3 is 5.32 Å². The van der Waals surface area contributed by atoms with Gasteiger partial charge in [-0.05, 0) is 43.7 Å². The number of nitrogens with one attached hydrogen (secondary N) is 1. The van der Waals surface area contributed by atoms with E-state index in [2.05, 4.69) is 10.3 Å². The zero-order chi connectivity index (χ0) is 22.1. The van der Waals surface area contributed by atoms with E-state index in [1.54, 1.807) is 31.2 Å². The van der Waals surface area contributed by atoms with Crippen LogP contribution < -0.4 is 10.9 Å². The van der Waals surface area contributed by atoms with Crippen molar-refractivity contribution in [3.8, 4) is 11.1 Å². The normalized spacial score (nSPS) is 12.0. The van der Waals surface area contributed by atoms with Gasteiger partial charge in [0.05, 0.1) is 17.8 Å². The summed E-state index contributed by atoms with van der Waals surface area (Å²) in [6.07, 6.45) is 1.44. The third-order valence-corrected chi connectivity index (χ3v) is 6.05. The van der Waals surface area contributed by atoms with Crippen LogP contribution in [0.3, 0.4) is 0 Å². The molecule has 0 fully saturated rings. The Morgan fingerprint density at radius 2 is 1.74 bits per heavy atom. The molecule has 1 unspecified atom stereocenters. The van der Waals surface area contributed by atoms with E-state index < -0.39 is 6.04 Å². The fourth-order valence-corrected chi connectivity index (χ4v) is 4.36. The van der Waals surface area contributed by atoms with E-state index >= 15 is 0 Å². The number of amides is 1. The summed E-state index contributed by atoms with van der Waals surface area (Å²) in [5.41, 5.74) is 3.74. The van der Waals surface area contributed by atoms with E-state index in [0.29, 0.717) is 21.5 Å². The van der Waals surface area contributed by atoms with Crippen LogP contribution >= 0.6 is 11.3 Å². The predicted molar refractivity (Wildman–Crippen MR) is 124 cm³/mol. The average Bonchev–Trinajstić information content (AvgIpc) is 3.19. The van der Waals surface area contributed by atoms with Gasteiger partial charge in [0, 0.05) is 29.1 Å². The zero-order valence-electron chi connectivity index (χ0n) is 17.4.